The Balaban J connectivity index is 2.36. The number of rotatable bonds is 5. The van der Waals surface area contributed by atoms with E-state index >= 15 is 0 Å². The lowest BCUT2D eigenvalue weighted by molar-refractivity contribution is 0.0497. The van der Waals surface area contributed by atoms with Crippen LogP contribution < -0.4 is 11.1 Å². The Hall–Kier alpha value is -1.60. The van der Waals surface area contributed by atoms with Gasteiger partial charge in [-0.25, -0.2) is 13.2 Å². The van der Waals surface area contributed by atoms with Gasteiger partial charge < -0.3 is 15.8 Å². The Labute approximate surface area is 143 Å². The molecule has 1 aromatic rings. The van der Waals surface area contributed by atoms with Crippen molar-refractivity contribution in [1.82, 2.24) is 5.32 Å². The first-order chi connectivity index (χ1) is 11.1. The number of alkyl carbamates (subject to hydrolysis) is 1. The first kappa shape index (κ1) is 18.7. The second-order valence-corrected chi connectivity index (χ2v) is 9.54. The monoisotopic (exact) mass is 354 g/mol. The largest absolute Gasteiger partial charge is 0.444 e. The van der Waals surface area contributed by atoms with Crippen molar-refractivity contribution in [3.05, 3.63) is 35.9 Å². The zero-order valence-electron chi connectivity index (χ0n) is 14.6. The quantitative estimate of drug-likeness (QED) is 0.840. The fraction of sp³-hybridized carbons (Fsp3) is 0.588. The maximum Gasteiger partial charge on any atom is 0.408 e. The third-order valence-electron chi connectivity index (χ3n) is 4.28. The highest BCUT2D eigenvalue weighted by molar-refractivity contribution is 7.92. The van der Waals surface area contributed by atoms with Gasteiger partial charge in [0.2, 0.25) is 0 Å². The Morgan fingerprint density at radius 2 is 1.88 bits per heavy atom. The summed E-state index contributed by atoms with van der Waals surface area (Å²) >= 11 is 0. The number of nitrogens with one attached hydrogen (secondary N) is 1. The minimum absolute atomic E-state index is 0.00124. The van der Waals surface area contributed by atoms with Crippen LogP contribution >= 0.6 is 0 Å². The van der Waals surface area contributed by atoms with Crippen LogP contribution in [0.3, 0.4) is 0 Å². The number of nitrogens with two attached hydrogens (primary N) is 1. The molecule has 0 bridgehead atoms. The van der Waals surface area contributed by atoms with E-state index in [1.807, 2.05) is 30.3 Å². The topological polar surface area (TPSA) is 98.5 Å². The number of hydrogen-bond acceptors (Lipinski definition) is 5. The summed E-state index contributed by atoms with van der Waals surface area (Å²) in [6.07, 6.45) is -0.650. The molecule has 3 atom stereocenters. The third-order valence-corrected chi connectivity index (χ3v) is 6.55. The van der Waals surface area contributed by atoms with Gasteiger partial charge in [-0.05, 0) is 26.3 Å². The zero-order valence-corrected chi connectivity index (χ0v) is 15.4. The highest BCUT2D eigenvalue weighted by atomic mass is 32.2. The lowest BCUT2D eigenvalue weighted by atomic mass is 10.1. The molecule has 1 aliphatic carbocycles. The molecule has 0 unspecified atom stereocenters. The number of hydrogen-bond donors (Lipinski definition) is 2. The summed E-state index contributed by atoms with van der Waals surface area (Å²) in [6, 6.07) is 9.27. The lowest BCUT2D eigenvalue weighted by Gasteiger charge is -2.24. The normalized spacial score (nSPS) is 26.7. The van der Waals surface area contributed by atoms with Crippen molar-refractivity contribution in [3.63, 3.8) is 0 Å². The highest BCUT2D eigenvalue weighted by Gasteiger charge is 2.71. The van der Waals surface area contributed by atoms with Crippen molar-refractivity contribution < 1.29 is 17.9 Å². The second kappa shape index (κ2) is 6.37. The summed E-state index contributed by atoms with van der Waals surface area (Å²) in [5.41, 5.74) is 5.06. The van der Waals surface area contributed by atoms with Crippen LogP contribution in [0.2, 0.25) is 0 Å². The van der Waals surface area contributed by atoms with Crippen LogP contribution in [0, 0.1) is 0 Å². The van der Waals surface area contributed by atoms with Crippen molar-refractivity contribution in [2.24, 2.45) is 5.73 Å². The van der Waals surface area contributed by atoms with E-state index < -0.39 is 32.3 Å². The molecule has 1 amide bonds. The molecule has 0 radical (unpaired) electrons. The van der Waals surface area contributed by atoms with Crippen LogP contribution in [0.4, 0.5) is 4.79 Å². The van der Waals surface area contributed by atoms with Gasteiger partial charge in [0.15, 0.2) is 9.84 Å². The number of amides is 1. The minimum Gasteiger partial charge on any atom is -0.444 e. The van der Waals surface area contributed by atoms with Gasteiger partial charge in [0.1, 0.15) is 5.60 Å². The first-order valence-electron chi connectivity index (χ1n) is 8.05. The van der Waals surface area contributed by atoms with E-state index in [-0.39, 0.29) is 18.2 Å². The Morgan fingerprint density at radius 3 is 2.33 bits per heavy atom. The summed E-state index contributed by atoms with van der Waals surface area (Å²) < 4.78 is 30.4. The lowest BCUT2D eigenvalue weighted by Crippen LogP contribution is -2.49. The van der Waals surface area contributed by atoms with E-state index in [0.717, 1.165) is 5.56 Å². The Kier molecular flexibility index (Phi) is 4.97. The van der Waals surface area contributed by atoms with E-state index in [1.54, 1.807) is 27.7 Å². The molecule has 3 N–H and O–H groups in total. The average Bonchev–Trinajstić information content (AvgIpc) is 3.16. The molecule has 0 spiro atoms. The van der Waals surface area contributed by atoms with E-state index in [1.165, 1.54) is 0 Å². The number of carbonyl (C=O) groups is 1. The molecule has 1 fully saturated rings. The minimum atomic E-state index is -3.38. The molecule has 1 aromatic carbocycles. The van der Waals surface area contributed by atoms with E-state index in [0.29, 0.717) is 0 Å². The summed E-state index contributed by atoms with van der Waals surface area (Å²) in [4.78, 5) is 12.2. The van der Waals surface area contributed by atoms with E-state index in [4.69, 9.17) is 10.5 Å². The molecule has 2 rings (SSSR count). The molecular formula is C17H26N2O4S. The summed E-state index contributed by atoms with van der Waals surface area (Å²) in [5.74, 6) is -0.375. The number of benzene rings is 1. The first-order valence-corrected chi connectivity index (χ1v) is 9.76. The van der Waals surface area contributed by atoms with Crippen molar-refractivity contribution >= 4 is 15.9 Å². The molecule has 0 heterocycles. The predicted molar refractivity (Wildman–Crippen MR) is 93.6 cm³/mol. The summed E-state index contributed by atoms with van der Waals surface area (Å²) in [5, 5.41) is 2.01. The maximum atomic E-state index is 12.5. The van der Waals surface area contributed by atoms with Gasteiger partial charge in [-0.2, -0.15) is 0 Å². The smallest absolute Gasteiger partial charge is 0.408 e. The van der Waals surface area contributed by atoms with Crippen LogP contribution in [-0.2, 0) is 14.6 Å². The van der Waals surface area contributed by atoms with Crippen molar-refractivity contribution in [3.8, 4) is 0 Å². The standard InChI is InChI=1S/C17H26N2O4S/c1-5-24(21,22)14-13(12-9-7-6-8-10-12)17(14,11-18)19-15(20)23-16(2,3)4/h6-10,13-14H,5,11,18H2,1-4H3,(H,19,20)/t13-,14-,17-/m1/s1. The Bertz CT molecular complexity index is 697. The van der Waals surface area contributed by atoms with Gasteiger partial charge in [-0.3, -0.25) is 0 Å². The van der Waals surface area contributed by atoms with Gasteiger partial charge >= 0.3 is 6.09 Å². The molecule has 24 heavy (non-hydrogen) atoms. The molecule has 1 saturated carbocycles. The number of carbonyl (C=O) groups excluding carboxylic acids is 1. The molecule has 7 heteroatoms. The molecule has 0 saturated heterocycles. The second-order valence-electron chi connectivity index (χ2n) is 7.13. The van der Waals surface area contributed by atoms with Gasteiger partial charge in [-0.1, -0.05) is 37.3 Å². The molecule has 1 aliphatic rings. The fourth-order valence-corrected chi connectivity index (χ4v) is 5.22. The average molecular weight is 354 g/mol. The molecular weight excluding hydrogens is 328 g/mol. The van der Waals surface area contributed by atoms with Crippen LogP contribution in [-0.4, -0.2) is 43.2 Å². The summed E-state index contributed by atoms with van der Waals surface area (Å²) in [6.45, 7) is 6.89. The fourth-order valence-electron chi connectivity index (χ4n) is 3.18. The van der Waals surface area contributed by atoms with Gasteiger partial charge in [0.05, 0.1) is 10.8 Å². The van der Waals surface area contributed by atoms with Crippen molar-refractivity contribution in [1.29, 1.82) is 0 Å². The predicted octanol–water partition coefficient (Wildman–Crippen LogP) is 1.81. The Morgan fingerprint density at radius 1 is 1.29 bits per heavy atom. The van der Waals surface area contributed by atoms with E-state index in [2.05, 4.69) is 5.32 Å². The van der Waals surface area contributed by atoms with Gasteiger partial charge in [0, 0.05) is 18.2 Å². The molecule has 6 nitrogen and oxygen atoms in total. The zero-order chi connectivity index (χ0) is 18.2. The van der Waals surface area contributed by atoms with Crippen LogP contribution in [0.15, 0.2) is 30.3 Å². The SMILES string of the molecule is CCS(=O)(=O)[C@@H]1[C@@H](c2ccccc2)[C@@]1(CN)NC(=O)OC(C)(C)C. The van der Waals surface area contributed by atoms with Crippen molar-refractivity contribution in [2.75, 3.05) is 12.3 Å². The third kappa shape index (κ3) is 3.57. The highest BCUT2D eigenvalue weighted by Crippen LogP contribution is 2.55. The number of sulfone groups is 1. The van der Waals surface area contributed by atoms with Gasteiger partial charge in [0.25, 0.3) is 0 Å². The van der Waals surface area contributed by atoms with Crippen LogP contribution in [0.1, 0.15) is 39.2 Å². The van der Waals surface area contributed by atoms with E-state index in [9.17, 15) is 13.2 Å². The molecule has 134 valence electrons. The maximum absolute atomic E-state index is 12.5. The molecule has 0 aromatic heterocycles. The van der Waals surface area contributed by atoms with Gasteiger partial charge in [-0.15, -0.1) is 0 Å². The van der Waals surface area contributed by atoms with Crippen LogP contribution in [0.25, 0.3) is 0 Å². The summed E-state index contributed by atoms with van der Waals surface area (Å²) in [7, 11) is -3.38. The molecule has 0 aliphatic heterocycles. The van der Waals surface area contributed by atoms with Crippen LogP contribution in [0.5, 0.6) is 0 Å². The van der Waals surface area contributed by atoms with Crippen molar-refractivity contribution in [2.45, 2.75) is 50.0 Å². The number of ether oxygens (including phenoxy) is 1.